The summed E-state index contributed by atoms with van der Waals surface area (Å²) in [5.74, 6) is 0.797. The summed E-state index contributed by atoms with van der Waals surface area (Å²) < 4.78 is 8.34. The van der Waals surface area contributed by atoms with E-state index in [-0.39, 0.29) is 0 Å². The highest BCUT2D eigenvalue weighted by Gasteiger charge is 2.11. The van der Waals surface area contributed by atoms with E-state index < -0.39 is 0 Å². The molecule has 2 aromatic carbocycles. The number of aromatic nitrogens is 1. The molecule has 4 nitrogen and oxygen atoms in total. The topological polar surface area (TPSA) is 38.9 Å². The predicted molar refractivity (Wildman–Crippen MR) is 112 cm³/mol. The van der Waals surface area contributed by atoms with Crippen molar-refractivity contribution in [3.8, 4) is 17.0 Å². The van der Waals surface area contributed by atoms with E-state index in [1.165, 1.54) is 11.3 Å². The average molecular weight is 428 g/mol. The number of rotatable bonds is 6. The Kier molecular flexibility index (Phi) is 6.20. The molecular weight excluding hydrogens is 410 g/mol. The second-order valence-corrected chi connectivity index (χ2v) is 7.00. The van der Waals surface area contributed by atoms with E-state index in [0.717, 1.165) is 31.8 Å². The van der Waals surface area contributed by atoms with Crippen LogP contribution in [0.25, 0.3) is 11.3 Å². The summed E-state index contributed by atoms with van der Waals surface area (Å²) in [5.41, 5.74) is 2.89. The summed E-state index contributed by atoms with van der Waals surface area (Å²) in [6.07, 6.45) is 3.59. The zero-order valence-corrected chi connectivity index (χ0v) is 16.7. The third kappa shape index (κ3) is 4.03. The Morgan fingerprint density at radius 2 is 1.96 bits per heavy atom. The van der Waals surface area contributed by atoms with Gasteiger partial charge in [0.1, 0.15) is 5.75 Å². The summed E-state index contributed by atoms with van der Waals surface area (Å²) in [7, 11) is 1.67. The van der Waals surface area contributed by atoms with Crippen LogP contribution in [0.1, 0.15) is 5.56 Å². The number of ether oxygens (including phenoxy) is 1. The van der Waals surface area contributed by atoms with Gasteiger partial charge in [-0.3, -0.25) is 4.99 Å². The van der Waals surface area contributed by atoms with Gasteiger partial charge in [0.15, 0.2) is 0 Å². The van der Waals surface area contributed by atoms with Crippen molar-refractivity contribution in [1.29, 1.82) is 0 Å². The van der Waals surface area contributed by atoms with E-state index in [4.69, 9.17) is 9.84 Å². The molecule has 6 heteroatoms. The molecule has 26 heavy (non-hydrogen) atoms. The van der Waals surface area contributed by atoms with Crippen LogP contribution in [0.3, 0.4) is 0 Å². The normalized spacial score (nSPS) is 11.8. The number of thiazole rings is 1. The van der Waals surface area contributed by atoms with Crippen LogP contribution in [0.2, 0.25) is 0 Å². The van der Waals surface area contributed by atoms with Crippen molar-refractivity contribution in [3.05, 3.63) is 81.4 Å². The summed E-state index contributed by atoms with van der Waals surface area (Å²) >= 11 is 5.09. The molecule has 0 atom stereocenters. The van der Waals surface area contributed by atoms with Gasteiger partial charge in [-0.1, -0.05) is 52.3 Å². The zero-order chi connectivity index (χ0) is 18.4. The lowest BCUT2D eigenvalue weighted by Gasteiger charge is -2.08. The van der Waals surface area contributed by atoms with Gasteiger partial charge >= 0.3 is 0 Å². The highest BCUT2D eigenvalue weighted by atomic mass is 79.9. The molecule has 0 bridgehead atoms. The molecule has 0 radical (unpaired) electrons. The number of para-hydroxylation sites is 1. The molecule has 0 saturated heterocycles. The van der Waals surface area contributed by atoms with E-state index in [1.54, 1.807) is 13.2 Å². The van der Waals surface area contributed by atoms with Crippen LogP contribution in [-0.4, -0.2) is 24.5 Å². The van der Waals surface area contributed by atoms with Gasteiger partial charge in [-0.2, -0.15) is 5.10 Å². The lowest BCUT2D eigenvalue weighted by molar-refractivity contribution is 0.416. The lowest BCUT2D eigenvalue weighted by atomic mass is 10.1. The Morgan fingerprint density at radius 1 is 1.19 bits per heavy atom. The van der Waals surface area contributed by atoms with Gasteiger partial charge in [0.2, 0.25) is 4.80 Å². The van der Waals surface area contributed by atoms with Crippen LogP contribution in [-0.2, 0) is 0 Å². The van der Waals surface area contributed by atoms with E-state index in [0.29, 0.717) is 6.54 Å². The Labute approximate surface area is 164 Å². The molecule has 0 unspecified atom stereocenters. The van der Waals surface area contributed by atoms with Crippen molar-refractivity contribution in [3.63, 3.8) is 0 Å². The van der Waals surface area contributed by atoms with Gasteiger partial charge in [0.25, 0.3) is 0 Å². The van der Waals surface area contributed by atoms with Crippen LogP contribution >= 0.6 is 27.3 Å². The van der Waals surface area contributed by atoms with Crippen molar-refractivity contribution in [2.45, 2.75) is 0 Å². The minimum atomic E-state index is 0.538. The maximum atomic E-state index is 5.51. The molecule has 0 N–H and O–H groups in total. The van der Waals surface area contributed by atoms with Crippen molar-refractivity contribution >= 4 is 33.5 Å². The van der Waals surface area contributed by atoms with Crippen LogP contribution in [0.5, 0.6) is 5.75 Å². The molecule has 3 aromatic rings. The minimum Gasteiger partial charge on any atom is -0.496 e. The summed E-state index contributed by atoms with van der Waals surface area (Å²) in [6.45, 7) is 4.28. The van der Waals surface area contributed by atoms with Crippen molar-refractivity contribution in [1.82, 2.24) is 4.68 Å². The molecular formula is C20H18BrN3OS. The largest absolute Gasteiger partial charge is 0.496 e. The Balaban J connectivity index is 2.14. The molecule has 0 spiro atoms. The quantitative estimate of drug-likeness (QED) is 0.404. The van der Waals surface area contributed by atoms with Gasteiger partial charge in [-0.25, -0.2) is 4.68 Å². The van der Waals surface area contributed by atoms with Crippen molar-refractivity contribution in [2.24, 2.45) is 10.1 Å². The van der Waals surface area contributed by atoms with E-state index in [9.17, 15) is 0 Å². The smallest absolute Gasteiger partial charge is 0.206 e. The maximum Gasteiger partial charge on any atom is 0.206 e. The van der Waals surface area contributed by atoms with E-state index >= 15 is 0 Å². The first kappa shape index (κ1) is 18.4. The first-order chi connectivity index (χ1) is 12.7. The Morgan fingerprint density at radius 3 is 2.73 bits per heavy atom. The van der Waals surface area contributed by atoms with Crippen molar-refractivity contribution in [2.75, 3.05) is 13.7 Å². The fourth-order valence-electron chi connectivity index (χ4n) is 2.40. The molecule has 0 saturated carbocycles. The van der Waals surface area contributed by atoms with E-state index in [1.807, 2.05) is 64.8 Å². The molecule has 132 valence electrons. The first-order valence-electron chi connectivity index (χ1n) is 7.98. The second-order valence-electron chi connectivity index (χ2n) is 5.31. The first-order valence-corrected chi connectivity index (χ1v) is 9.66. The molecule has 0 aliphatic rings. The highest BCUT2D eigenvalue weighted by Crippen LogP contribution is 2.30. The summed E-state index contributed by atoms with van der Waals surface area (Å²) in [5, 5.41) is 6.73. The minimum absolute atomic E-state index is 0.538. The number of nitrogens with zero attached hydrogens (tertiary/aromatic N) is 3. The summed E-state index contributed by atoms with van der Waals surface area (Å²) in [4.78, 5) is 5.36. The Bertz CT molecular complexity index is 1000. The number of halogens is 1. The monoisotopic (exact) mass is 427 g/mol. The molecule has 0 amide bonds. The van der Waals surface area contributed by atoms with Crippen LogP contribution in [0.4, 0.5) is 0 Å². The Hall–Kier alpha value is -2.44. The average Bonchev–Trinajstić information content (AvgIpc) is 3.08. The van der Waals surface area contributed by atoms with Gasteiger partial charge in [-0.05, 0) is 18.2 Å². The van der Waals surface area contributed by atoms with Gasteiger partial charge in [0.05, 0.1) is 25.6 Å². The summed E-state index contributed by atoms with van der Waals surface area (Å²) in [6, 6.07) is 15.8. The third-order valence-corrected chi connectivity index (χ3v) is 5.22. The molecule has 1 aromatic heterocycles. The van der Waals surface area contributed by atoms with E-state index in [2.05, 4.69) is 27.5 Å². The number of hydrogen-bond acceptors (Lipinski definition) is 4. The van der Waals surface area contributed by atoms with Gasteiger partial charge < -0.3 is 4.74 Å². The van der Waals surface area contributed by atoms with Crippen LogP contribution in [0.15, 0.2) is 81.1 Å². The molecule has 1 heterocycles. The molecule has 0 aliphatic carbocycles. The molecule has 3 rings (SSSR count). The highest BCUT2D eigenvalue weighted by molar-refractivity contribution is 9.10. The second kappa shape index (κ2) is 8.78. The van der Waals surface area contributed by atoms with Crippen LogP contribution < -0.4 is 9.54 Å². The fourth-order valence-corrected chi connectivity index (χ4v) is 3.63. The zero-order valence-electron chi connectivity index (χ0n) is 14.3. The SMILES string of the molecule is C=CCN=c1scc(-c2ccccc2OC)n1N=Cc1ccccc1Br. The maximum absolute atomic E-state index is 5.51. The van der Waals surface area contributed by atoms with Gasteiger partial charge in [-0.15, -0.1) is 17.9 Å². The lowest BCUT2D eigenvalue weighted by Crippen LogP contribution is -2.12. The number of hydrogen-bond donors (Lipinski definition) is 0. The number of benzene rings is 2. The fraction of sp³-hybridized carbons (Fsp3) is 0.100. The third-order valence-electron chi connectivity index (χ3n) is 3.64. The van der Waals surface area contributed by atoms with Gasteiger partial charge in [0, 0.05) is 21.0 Å². The predicted octanol–water partition coefficient (Wildman–Crippen LogP) is 4.96. The van der Waals surface area contributed by atoms with Crippen LogP contribution in [0, 0.1) is 0 Å². The molecule has 0 aliphatic heterocycles. The molecule has 0 fully saturated rings. The van der Waals surface area contributed by atoms with Crippen molar-refractivity contribution < 1.29 is 4.74 Å². The standard InChI is InChI=1S/C20H18BrN3OS/c1-3-12-22-20-24(23-13-15-8-4-6-10-17(15)21)18(14-26-20)16-9-5-7-11-19(16)25-2/h3-11,13-14H,1,12H2,2H3. The number of methoxy groups -OCH3 is 1.